The van der Waals surface area contributed by atoms with Crippen molar-refractivity contribution in [3.05, 3.63) is 173 Å². The summed E-state index contributed by atoms with van der Waals surface area (Å²) in [6.45, 7) is 40.3. The van der Waals surface area contributed by atoms with Gasteiger partial charge in [-0.05, 0) is 106 Å². The first-order valence-corrected chi connectivity index (χ1v) is 24.7. The zero-order valence-electron chi connectivity index (χ0n) is 44.9. The van der Waals surface area contributed by atoms with Crippen LogP contribution in [0.4, 0.5) is 51.8 Å². The molecule has 0 aliphatic rings. The minimum atomic E-state index is -0.202. The maximum Gasteiger partial charge on any atom is 0.143 e. The summed E-state index contributed by atoms with van der Waals surface area (Å²) in [6.07, 6.45) is 0. The molecule has 0 saturated carbocycles. The van der Waals surface area contributed by atoms with E-state index in [1.54, 1.807) is 0 Å². The van der Waals surface area contributed by atoms with Crippen molar-refractivity contribution < 1.29 is 0 Å². The SMILES string of the molecule is CC(C)(C)c1cccc(N(c2cc(N(c3cccc(C(C)(C)C)c3)c3cccc(C(C)(C)C)n3)nc(N(c3cccc(C(C)(C)C)c3)c3cccc(C(C)(C)C)n3)c2)c2cccc(C(C)(C)C)n2)c1. The molecule has 0 fully saturated rings. The Labute approximate surface area is 415 Å². The largest absolute Gasteiger partial charge is 0.295 e. The molecule has 360 valence electrons. The van der Waals surface area contributed by atoms with Crippen molar-refractivity contribution in [3.8, 4) is 0 Å². The number of benzene rings is 3. The van der Waals surface area contributed by atoms with Gasteiger partial charge in [-0.2, -0.15) is 0 Å². The molecule has 7 rings (SSSR count). The molecule has 0 saturated heterocycles. The Morgan fingerprint density at radius 3 is 0.812 bits per heavy atom. The minimum absolute atomic E-state index is 0.103. The van der Waals surface area contributed by atoms with Crippen molar-refractivity contribution in [1.82, 2.24) is 19.9 Å². The fourth-order valence-corrected chi connectivity index (χ4v) is 8.25. The second-order valence-electron chi connectivity index (χ2n) is 24.8. The van der Waals surface area contributed by atoms with Crippen LogP contribution in [0.25, 0.3) is 0 Å². The smallest absolute Gasteiger partial charge is 0.143 e. The van der Waals surface area contributed by atoms with Crippen LogP contribution in [0.2, 0.25) is 0 Å². The Bertz CT molecular complexity index is 2420. The minimum Gasteiger partial charge on any atom is -0.295 e. The second kappa shape index (κ2) is 18.5. The van der Waals surface area contributed by atoms with E-state index in [1.807, 2.05) is 0 Å². The molecule has 7 aromatic rings. The maximum atomic E-state index is 5.82. The molecule has 0 bridgehead atoms. The van der Waals surface area contributed by atoms with Crippen LogP contribution >= 0.6 is 0 Å². The van der Waals surface area contributed by atoms with Gasteiger partial charge in [0.15, 0.2) is 0 Å². The van der Waals surface area contributed by atoms with Gasteiger partial charge in [-0.3, -0.25) is 14.7 Å². The van der Waals surface area contributed by atoms with E-state index in [1.165, 1.54) is 16.7 Å². The molecule has 7 heteroatoms. The lowest BCUT2D eigenvalue weighted by molar-refractivity contribution is 0.569. The molecule has 0 radical (unpaired) electrons. The van der Waals surface area contributed by atoms with Crippen LogP contribution in [0.5, 0.6) is 0 Å². The molecule has 0 atom stereocenters. The third-order valence-corrected chi connectivity index (χ3v) is 12.6. The number of nitrogens with zero attached hydrogens (tertiary/aromatic N) is 7. The third kappa shape index (κ3) is 11.6. The Morgan fingerprint density at radius 2 is 0.522 bits per heavy atom. The molecule has 0 aliphatic carbocycles. The molecule has 0 spiro atoms. The van der Waals surface area contributed by atoms with Crippen LogP contribution < -0.4 is 14.7 Å². The number of anilines is 9. The molecule has 69 heavy (non-hydrogen) atoms. The van der Waals surface area contributed by atoms with Crippen molar-refractivity contribution in [3.63, 3.8) is 0 Å². The first kappa shape index (κ1) is 50.5. The second-order valence-corrected chi connectivity index (χ2v) is 24.8. The highest BCUT2D eigenvalue weighted by Gasteiger charge is 2.29. The van der Waals surface area contributed by atoms with E-state index >= 15 is 0 Å². The number of hydrogen-bond acceptors (Lipinski definition) is 7. The fourth-order valence-electron chi connectivity index (χ4n) is 8.25. The van der Waals surface area contributed by atoms with Gasteiger partial charge in [-0.1, -0.05) is 179 Å². The van der Waals surface area contributed by atoms with Crippen molar-refractivity contribution in [2.24, 2.45) is 0 Å². The van der Waals surface area contributed by atoms with E-state index in [-0.39, 0.29) is 32.5 Å². The van der Waals surface area contributed by atoms with E-state index in [0.29, 0.717) is 11.6 Å². The molecule has 0 amide bonds. The van der Waals surface area contributed by atoms with Crippen LogP contribution in [0.1, 0.15) is 158 Å². The first-order chi connectivity index (χ1) is 32.0. The Kier molecular flexibility index (Phi) is 13.6. The van der Waals surface area contributed by atoms with Crippen LogP contribution in [0.3, 0.4) is 0 Å². The number of aromatic nitrogens is 4. The standard InChI is InChI=1S/C62H77N7/c1-57(2,3)42-25-19-28-45(37-42)67(52-34-22-31-49(63-52)60(10,11)12)48-40-55(68(46-29-20-26-43(38-46)58(4,5)6)53-35-23-32-50(64-53)61(13,14)15)66-56(41-48)69(47-30-21-27-44(39-47)59(7,8)9)54-36-24-33-51(65-54)62(16,17)18/h19-41H,1-18H3. The van der Waals surface area contributed by atoms with Gasteiger partial charge in [-0.25, -0.2) is 19.9 Å². The van der Waals surface area contributed by atoms with E-state index < -0.39 is 0 Å². The summed E-state index contributed by atoms with van der Waals surface area (Å²) < 4.78 is 0. The van der Waals surface area contributed by atoms with Crippen molar-refractivity contribution in [2.75, 3.05) is 14.7 Å². The van der Waals surface area contributed by atoms with Crippen molar-refractivity contribution in [1.29, 1.82) is 0 Å². The predicted octanol–water partition coefficient (Wildman–Crippen LogP) is 17.5. The molecule has 0 N–H and O–H groups in total. The Hall–Kier alpha value is -6.34. The predicted molar refractivity (Wildman–Crippen MR) is 294 cm³/mol. The van der Waals surface area contributed by atoms with Gasteiger partial charge < -0.3 is 0 Å². The van der Waals surface area contributed by atoms with Crippen molar-refractivity contribution >= 4 is 51.8 Å². The molecule has 4 heterocycles. The summed E-state index contributed by atoms with van der Waals surface area (Å²) in [5, 5.41) is 0. The Morgan fingerprint density at radius 1 is 0.246 bits per heavy atom. The quantitative estimate of drug-likeness (QED) is 0.143. The normalized spacial score (nSPS) is 12.8. The lowest BCUT2D eigenvalue weighted by Crippen LogP contribution is -2.23. The number of rotatable bonds is 9. The van der Waals surface area contributed by atoms with Crippen LogP contribution in [0, 0.1) is 0 Å². The molecular weight excluding hydrogens is 843 g/mol. The van der Waals surface area contributed by atoms with Gasteiger partial charge in [0.05, 0.1) is 5.69 Å². The zero-order valence-corrected chi connectivity index (χ0v) is 44.9. The molecular formula is C62H77N7. The average Bonchev–Trinajstić information content (AvgIpc) is 3.26. The number of hydrogen-bond donors (Lipinski definition) is 0. The van der Waals surface area contributed by atoms with E-state index in [2.05, 4.69) is 279 Å². The van der Waals surface area contributed by atoms with Gasteiger partial charge in [0.25, 0.3) is 0 Å². The highest BCUT2D eigenvalue weighted by atomic mass is 15.3. The van der Waals surface area contributed by atoms with Crippen molar-refractivity contribution in [2.45, 2.75) is 157 Å². The lowest BCUT2D eigenvalue weighted by Gasteiger charge is -2.33. The summed E-state index contributed by atoms with van der Waals surface area (Å²) in [6, 6.07) is 50.0. The van der Waals surface area contributed by atoms with E-state index in [0.717, 1.165) is 57.3 Å². The molecule has 3 aromatic carbocycles. The molecule has 0 aliphatic heterocycles. The van der Waals surface area contributed by atoms with Gasteiger partial charge in [0, 0.05) is 62.5 Å². The molecule has 0 unspecified atom stereocenters. The zero-order chi connectivity index (χ0) is 50.5. The summed E-state index contributed by atoms with van der Waals surface area (Å²) in [7, 11) is 0. The average molecular weight is 920 g/mol. The highest BCUT2D eigenvalue weighted by molar-refractivity contribution is 5.85. The van der Waals surface area contributed by atoms with Crippen LogP contribution in [0.15, 0.2) is 140 Å². The summed E-state index contributed by atoms with van der Waals surface area (Å²) in [5.41, 5.74) is 9.48. The van der Waals surface area contributed by atoms with Crippen LogP contribution in [-0.2, 0) is 32.5 Å². The van der Waals surface area contributed by atoms with E-state index in [9.17, 15) is 0 Å². The van der Waals surface area contributed by atoms with Gasteiger partial charge >= 0.3 is 0 Å². The summed E-state index contributed by atoms with van der Waals surface area (Å²) in [4.78, 5) is 29.0. The van der Waals surface area contributed by atoms with Crippen LogP contribution in [-0.4, -0.2) is 19.9 Å². The summed E-state index contributed by atoms with van der Waals surface area (Å²) >= 11 is 0. The monoisotopic (exact) mass is 920 g/mol. The topological polar surface area (TPSA) is 61.3 Å². The Balaban J connectivity index is 1.67. The lowest BCUT2D eigenvalue weighted by atomic mass is 9.87. The highest BCUT2D eigenvalue weighted by Crippen LogP contribution is 2.45. The third-order valence-electron chi connectivity index (χ3n) is 12.6. The maximum absolute atomic E-state index is 5.82. The van der Waals surface area contributed by atoms with Gasteiger partial charge in [-0.15, -0.1) is 0 Å². The number of pyridine rings is 4. The molecule has 4 aromatic heterocycles. The van der Waals surface area contributed by atoms with Gasteiger partial charge in [0.1, 0.15) is 29.1 Å². The fraction of sp³-hybridized carbons (Fsp3) is 0.387. The van der Waals surface area contributed by atoms with Gasteiger partial charge in [0.2, 0.25) is 0 Å². The van der Waals surface area contributed by atoms with E-state index in [4.69, 9.17) is 19.9 Å². The summed E-state index contributed by atoms with van der Waals surface area (Å²) in [5.74, 6) is 3.74. The molecule has 7 nitrogen and oxygen atoms in total. The first-order valence-electron chi connectivity index (χ1n) is 24.7.